The van der Waals surface area contributed by atoms with Crippen molar-refractivity contribution in [2.45, 2.75) is 13.8 Å². The molecule has 4 nitrogen and oxygen atoms in total. The first-order chi connectivity index (χ1) is 17.6. The number of pyridine rings is 4. The van der Waals surface area contributed by atoms with E-state index >= 15 is 0 Å². The largest absolute Gasteiger partial charge is 0.254 e. The minimum absolute atomic E-state index is 0.833. The first-order valence-corrected chi connectivity index (χ1v) is 11.5. The molecule has 170 valence electrons. The number of hydrogen-bond acceptors (Lipinski definition) is 4. The Balaban J connectivity index is 1.23. The van der Waals surface area contributed by atoms with Crippen LogP contribution in [0.5, 0.6) is 0 Å². The van der Waals surface area contributed by atoms with Crippen LogP contribution in [0.25, 0.3) is 22.8 Å². The van der Waals surface area contributed by atoms with Crippen LogP contribution in [0.2, 0.25) is 0 Å². The molecule has 0 bridgehead atoms. The van der Waals surface area contributed by atoms with Crippen LogP contribution in [0.1, 0.15) is 33.4 Å². The third kappa shape index (κ3) is 5.70. The van der Waals surface area contributed by atoms with Gasteiger partial charge in [0.05, 0.1) is 22.8 Å². The summed E-state index contributed by atoms with van der Waals surface area (Å²) >= 11 is 0. The molecule has 5 aromatic rings. The Morgan fingerprint density at radius 1 is 0.361 bits per heavy atom. The number of hydrogen-bond donors (Lipinski definition) is 0. The monoisotopic (exact) mass is 462 g/mol. The van der Waals surface area contributed by atoms with E-state index in [1.165, 1.54) is 0 Å². The minimum atomic E-state index is 0.833. The highest BCUT2D eigenvalue weighted by Gasteiger charge is 2.01. The normalized spacial score (nSPS) is 10.1. The molecule has 0 N–H and O–H groups in total. The summed E-state index contributed by atoms with van der Waals surface area (Å²) in [6.45, 7) is 4.03. The smallest absolute Gasteiger partial charge is 0.0887 e. The first-order valence-electron chi connectivity index (χ1n) is 11.5. The molecule has 0 saturated heterocycles. The Kier molecular flexibility index (Phi) is 6.61. The molecule has 1 aromatic carbocycles. The van der Waals surface area contributed by atoms with E-state index in [0.717, 1.165) is 56.2 Å². The van der Waals surface area contributed by atoms with Gasteiger partial charge in [0.25, 0.3) is 0 Å². The van der Waals surface area contributed by atoms with E-state index in [4.69, 9.17) is 0 Å². The van der Waals surface area contributed by atoms with Crippen molar-refractivity contribution >= 4 is 0 Å². The molecule has 0 amide bonds. The van der Waals surface area contributed by atoms with Crippen molar-refractivity contribution in [1.82, 2.24) is 19.9 Å². The number of aromatic nitrogens is 4. The predicted octanol–water partition coefficient (Wildman–Crippen LogP) is 6.02. The molecule has 0 aliphatic rings. The fourth-order valence-electron chi connectivity index (χ4n) is 3.40. The number of aryl methyl sites for hydroxylation is 2. The number of rotatable bonds is 2. The highest BCUT2D eigenvalue weighted by Crippen LogP contribution is 2.15. The van der Waals surface area contributed by atoms with Crippen LogP contribution >= 0.6 is 0 Å². The van der Waals surface area contributed by atoms with Gasteiger partial charge < -0.3 is 0 Å². The van der Waals surface area contributed by atoms with Crippen molar-refractivity contribution in [3.05, 3.63) is 131 Å². The lowest BCUT2D eigenvalue weighted by Crippen LogP contribution is -1.88. The van der Waals surface area contributed by atoms with E-state index in [9.17, 15) is 0 Å². The molecule has 5 rings (SSSR count). The van der Waals surface area contributed by atoms with Crippen molar-refractivity contribution in [3.63, 3.8) is 0 Å². The highest BCUT2D eigenvalue weighted by atomic mass is 14.8. The topological polar surface area (TPSA) is 51.6 Å². The summed E-state index contributed by atoms with van der Waals surface area (Å²) in [5.41, 5.74) is 9.17. The molecule has 0 aliphatic carbocycles. The van der Waals surface area contributed by atoms with Gasteiger partial charge in [0.2, 0.25) is 0 Å². The number of nitrogens with zero attached hydrogens (tertiary/aromatic N) is 4. The van der Waals surface area contributed by atoms with Crippen molar-refractivity contribution < 1.29 is 0 Å². The highest BCUT2D eigenvalue weighted by molar-refractivity contribution is 5.57. The average molecular weight is 463 g/mol. The second-order valence-electron chi connectivity index (χ2n) is 8.38. The molecule has 0 aliphatic heterocycles. The maximum atomic E-state index is 4.49. The average Bonchev–Trinajstić information content (AvgIpc) is 2.93. The zero-order valence-electron chi connectivity index (χ0n) is 20.0. The maximum Gasteiger partial charge on any atom is 0.0887 e. The Morgan fingerprint density at radius 2 is 0.667 bits per heavy atom. The summed E-state index contributed by atoms with van der Waals surface area (Å²) in [5.74, 6) is 12.7. The second kappa shape index (κ2) is 10.5. The van der Waals surface area contributed by atoms with E-state index in [1.807, 2.05) is 99.0 Å². The van der Waals surface area contributed by atoms with Gasteiger partial charge in [0, 0.05) is 47.0 Å². The lowest BCUT2D eigenvalue weighted by Gasteiger charge is -2.00. The predicted molar refractivity (Wildman–Crippen MR) is 143 cm³/mol. The summed E-state index contributed by atoms with van der Waals surface area (Å²) in [6.07, 6.45) is 7.24. The van der Waals surface area contributed by atoms with Crippen LogP contribution < -0.4 is 0 Å². The Hall–Kier alpha value is -5.06. The van der Waals surface area contributed by atoms with E-state index in [0.29, 0.717) is 0 Å². The van der Waals surface area contributed by atoms with Gasteiger partial charge in [-0.05, 0) is 85.6 Å². The second-order valence-corrected chi connectivity index (χ2v) is 8.38. The van der Waals surface area contributed by atoms with Crippen molar-refractivity contribution in [1.29, 1.82) is 0 Å². The fraction of sp³-hybridized carbons (Fsp3) is 0.0625. The molecule has 4 heterocycles. The summed E-state index contributed by atoms with van der Waals surface area (Å²) in [4.78, 5) is 17.8. The van der Waals surface area contributed by atoms with Gasteiger partial charge in [-0.1, -0.05) is 35.8 Å². The van der Waals surface area contributed by atoms with Gasteiger partial charge in [-0.3, -0.25) is 19.9 Å². The number of benzene rings is 1. The Bertz CT molecular complexity index is 1470. The van der Waals surface area contributed by atoms with Gasteiger partial charge in [0.15, 0.2) is 0 Å². The molecule has 0 radical (unpaired) electrons. The van der Waals surface area contributed by atoms with Crippen molar-refractivity contribution in [2.24, 2.45) is 0 Å². The lowest BCUT2D eigenvalue weighted by molar-refractivity contribution is 1.22. The third-order valence-electron chi connectivity index (χ3n) is 5.46. The molecular weight excluding hydrogens is 440 g/mol. The summed E-state index contributed by atoms with van der Waals surface area (Å²) in [5, 5.41) is 0. The lowest BCUT2D eigenvalue weighted by atomic mass is 10.1. The fourth-order valence-corrected chi connectivity index (χ4v) is 3.40. The van der Waals surface area contributed by atoms with Crippen LogP contribution in [0.15, 0.2) is 97.6 Å². The molecule has 0 spiro atoms. The molecule has 4 heteroatoms. The standard InChI is InChI=1S/C32H22N4/c1-23-3-15-29(33-19-23)31-17-13-27(21-35-31)11-9-25-5-7-26(8-6-25)10-12-28-14-18-32(36-22-28)30-16-4-24(2)20-34-30/h3-8,13-22H,1-2H3. The van der Waals surface area contributed by atoms with E-state index < -0.39 is 0 Å². The van der Waals surface area contributed by atoms with Gasteiger partial charge in [-0.15, -0.1) is 0 Å². The van der Waals surface area contributed by atoms with E-state index in [-0.39, 0.29) is 0 Å². The molecular formula is C32H22N4. The van der Waals surface area contributed by atoms with E-state index in [2.05, 4.69) is 43.6 Å². The molecule has 36 heavy (non-hydrogen) atoms. The van der Waals surface area contributed by atoms with Gasteiger partial charge in [0.1, 0.15) is 0 Å². The Labute approximate surface area is 211 Å². The molecule has 0 saturated carbocycles. The van der Waals surface area contributed by atoms with Crippen molar-refractivity contribution in [2.75, 3.05) is 0 Å². The van der Waals surface area contributed by atoms with Gasteiger partial charge in [-0.2, -0.15) is 0 Å². The summed E-state index contributed by atoms with van der Waals surface area (Å²) in [6, 6.07) is 23.7. The third-order valence-corrected chi connectivity index (χ3v) is 5.46. The molecule has 0 fully saturated rings. The SMILES string of the molecule is Cc1ccc(-c2ccc(C#Cc3ccc(C#Cc4ccc(-c5ccc(C)cn5)nc4)cc3)cn2)nc1. The van der Waals surface area contributed by atoms with Crippen LogP contribution in [0, 0.1) is 37.5 Å². The van der Waals surface area contributed by atoms with E-state index in [1.54, 1.807) is 12.4 Å². The van der Waals surface area contributed by atoms with Crippen LogP contribution in [-0.4, -0.2) is 19.9 Å². The van der Waals surface area contributed by atoms with Crippen LogP contribution in [-0.2, 0) is 0 Å². The first kappa shape index (κ1) is 22.7. The van der Waals surface area contributed by atoms with Gasteiger partial charge in [-0.25, -0.2) is 0 Å². The zero-order chi connectivity index (χ0) is 24.7. The van der Waals surface area contributed by atoms with Crippen LogP contribution in [0.4, 0.5) is 0 Å². The zero-order valence-corrected chi connectivity index (χ0v) is 20.0. The van der Waals surface area contributed by atoms with Gasteiger partial charge >= 0.3 is 0 Å². The quantitative estimate of drug-likeness (QED) is 0.301. The minimum Gasteiger partial charge on any atom is -0.254 e. The summed E-state index contributed by atoms with van der Waals surface area (Å²) in [7, 11) is 0. The molecule has 0 atom stereocenters. The maximum absolute atomic E-state index is 4.49. The van der Waals surface area contributed by atoms with Crippen molar-refractivity contribution in [3.8, 4) is 46.5 Å². The molecule has 0 unspecified atom stereocenters. The Morgan fingerprint density at radius 3 is 0.972 bits per heavy atom. The molecule has 4 aromatic heterocycles. The summed E-state index contributed by atoms with van der Waals surface area (Å²) < 4.78 is 0. The van der Waals surface area contributed by atoms with Crippen LogP contribution in [0.3, 0.4) is 0 Å².